The van der Waals surface area contributed by atoms with Gasteiger partial charge in [-0.1, -0.05) is 0 Å². The Kier molecular flexibility index (Phi) is 3.00. The number of hydrogen-bond acceptors (Lipinski definition) is 5. The lowest BCUT2D eigenvalue weighted by atomic mass is 10.4. The summed E-state index contributed by atoms with van der Waals surface area (Å²) in [6.45, 7) is 4.13. The van der Waals surface area contributed by atoms with Gasteiger partial charge in [0.25, 0.3) is 5.56 Å². The van der Waals surface area contributed by atoms with Crippen molar-refractivity contribution < 1.29 is 0 Å². The van der Waals surface area contributed by atoms with Crippen LogP contribution >= 0.6 is 0 Å². The van der Waals surface area contributed by atoms with E-state index in [1.54, 1.807) is 4.68 Å². The number of aromatic nitrogens is 5. The third-order valence-corrected chi connectivity index (χ3v) is 2.49. The van der Waals surface area contributed by atoms with Crippen molar-refractivity contribution in [1.82, 2.24) is 24.3 Å². The van der Waals surface area contributed by atoms with Crippen molar-refractivity contribution >= 4 is 5.69 Å². The molecule has 0 saturated carbocycles. The van der Waals surface area contributed by atoms with Gasteiger partial charge in [-0.15, -0.1) is 0 Å². The van der Waals surface area contributed by atoms with Gasteiger partial charge in [-0.25, -0.2) is 14.5 Å². The van der Waals surface area contributed by atoms with Gasteiger partial charge in [-0.2, -0.15) is 5.10 Å². The summed E-state index contributed by atoms with van der Waals surface area (Å²) >= 11 is 0. The van der Waals surface area contributed by atoms with Crippen LogP contribution in [-0.2, 0) is 6.54 Å². The van der Waals surface area contributed by atoms with E-state index >= 15 is 0 Å². The normalized spacial score (nSPS) is 11.1. The van der Waals surface area contributed by atoms with Crippen molar-refractivity contribution in [2.45, 2.75) is 26.4 Å². The van der Waals surface area contributed by atoms with E-state index in [2.05, 4.69) is 15.1 Å². The van der Waals surface area contributed by atoms with Crippen LogP contribution in [0.3, 0.4) is 0 Å². The topological polar surface area (TPSA) is 112 Å². The van der Waals surface area contributed by atoms with Crippen LogP contribution in [0.5, 0.6) is 0 Å². The molecule has 0 aromatic carbocycles. The first kappa shape index (κ1) is 12.1. The SMILES string of the molecule is CC(C)n1ncnc1Cn1cc(N)c(=O)[nH]c1=O. The molecule has 18 heavy (non-hydrogen) atoms. The number of nitrogens with zero attached hydrogens (tertiary/aromatic N) is 4. The quantitative estimate of drug-likeness (QED) is 0.751. The smallest absolute Gasteiger partial charge is 0.328 e. The lowest BCUT2D eigenvalue weighted by Gasteiger charge is -2.10. The Morgan fingerprint density at radius 1 is 1.44 bits per heavy atom. The van der Waals surface area contributed by atoms with Crippen molar-refractivity contribution in [2.75, 3.05) is 5.73 Å². The van der Waals surface area contributed by atoms with Crippen LogP contribution in [0.2, 0.25) is 0 Å². The molecule has 0 aliphatic rings. The minimum absolute atomic E-state index is 0.00906. The van der Waals surface area contributed by atoms with Crippen LogP contribution < -0.4 is 17.0 Å². The molecule has 0 spiro atoms. The van der Waals surface area contributed by atoms with E-state index < -0.39 is 11.2 Å². The predicted molar refractivity (Wildman–Crippen MR) is 65.2 cm³/mol. The largest absolute Gasteiger partial charge is 0.393 e. The van der Waals surface area contributed by atoms with Gasteiger partial charge in [-0.05, 0) is 13.8 Å². The molecule has 2 heterocycles. The molecule has 2 aromatic rings. The highest BCUT2D eigenvalue weighted by atomic mass is 16.2. The first-order valence-corrected chi connectivity index (χ1v) is 5.46. The number of H-pyrrole nitrogens is 1. The van der Waals surface area contributed by atoms with Crippen molar-refractivity contribution in [3.05, 3.63) is 39.2 Å². The van der Waals surface area contributed by atoms with E-state index in [9.17, 15) is 9.59 Å². The zero-order valence-electron chi connectivity index (χ0n) is 10.1. The van der Waals surface area contributed by atoms with Gasteiger partial charge in [-0.3, -0.25) is 14.3 Å². The van der Waals surface area contributed by atoms with E-state index in [0.29, 0.717) is 5.82 Å². The summed E-state index contributed by atoms with van der Waals surface area (Å²) in [5.74, 6) is 0.624. The van der Waals surface area contributed by atoms with Crippen LogP contribution in [0.4, 0.5) is 5.69 Å². The van der Waals surface area contributed by atoms with E-state index in [4.69, 9.17) is 5.73 Å². The second-order valence-electron chi connectivity index (χ2n) is 4.19. The van der Waals surface area contributed by atoms with Crippen molar-refractivity contribution in [3.8, 4) is 0 Å². The molecule has 8 heteroatoms. The van der Waals surface area contributed by atoms with Crippen molar-refractivity contribution in [2.24, 2.45) is 0 Å². The van der Waals surface area contributed by atoms with E-state index in [1.165, 1.54) is 17.1 Å². The van der Waals surface area contributed by atoms with Gasteiger partial charge in [0.15, 0.2) is 0 Å². The van der Waals surface area contributed by atoms with Gasteiger partial charge in [0, 0.05) is 12.2 Å². The van der Waals surface area contributed by atoms with Crippen LogP contribution in [0, 0.1) is 0 Å². The predicted octanol–water partition coefficient (Wildman–Crippen LogP) is -0.660. The molecule has 8 nitrogen and oxygen atoms in total. The number of anilines is 1. The second-order valence-corrected chi connectivity index (χ2v) is 4.19. The lowest BCUT2D eigenvalue weighted by molar-refractivity contribution is 0.492. The summed E-state index contributed by atoms with van der Waals surface area (Å²) in [5, 5.41) is 4.07. The van der Waals surface area contributed by atoms with Gasteiger partial charge in [0.05, 0.1) is 6.54 Å². The fourth-order valence-electron chi connectivity index (χ4n) is 1.61. The Morgan fingerprint density at radius 3 is 2.83 bits per heavy atom. The second kappa shape index (κ2) is 4.47. The van der Waals surface area contributed by atoms with Crippen molar-refractivity contribution in [3.63, 3.8) is 0 Å². The molecule has 0 fully saturated rings. The highest BCUT2D eigenvalue weighted by molar-refractivity contribution is 5.30. The highest BCUT2D eigenvalue weighted by Crippen LogP contribution is 2.05. The molecular weight excluding hydrogens is 236 g/mol. The average molecular weight is 250 g/mol. The number of rotatable bonds is 3. The van der Waals surface area contributed by atoms with Crippen molar-refractivity contribution in [1.29, 1.82) is 0 Å². The van der Waals surface area contributed by atoms with Gasteiger partial charge in [0.1, 0.15) is 17.8 Å². The summed E-state index contributed by atoms with van der Waals surface area (Å²) in [4.78, 5) is 29.0. The zero-order chi connectivity index (χ0) is 13.3. The molecule has 0 saturated heterocycles. The molecule has 0 aliphatic heterocycles. The molecular formula is C10H14N6O2. The Hall–Kier alpha value is -2.38. The molecule has 0 aliphatic carbocycles. The third-order valence-electron chi connectivity index (χ3n) is 2.49. The maximum absolute atomic E-state index is 11.6. The van der Waals surface area contributed by atoms with E-state index in [1.807, 2.05) is 13.8 Å². The lowest BCUT2D eigenvalue weighted by Crippen LogP contribution is -2.32. The standard InChI is InChI=1S/C10H14N6O2/c1-6(2)16-8(12-5-13-16)4-15-3-7(11)9(17)14-10(15)18/h3,5-6H,4,11H2,1-2H3,(H,14,17,18). The minimum atomic E-state index is -0.582. The van der Waals surface area contributed by atoms with Crippen LogP contribution in [0.25, 0.3) is 0 Å². The van der Waals surface area contributed by atoms with Gasteiger partial charge >= 0.3 is 5.69 Å². The van der Waals surface area contributed by atoms with Crippen LogP contribution in [-0.4, -0.2) is 24.3 Å². The molecule has 2 aromatic heterocycles. The first-order valence-electron chi connectivity index (χ1n) is 5.46. The molecule has 0 unspecified atom stereocenters. The minimum Gasteiger partial charge on any atom is -0.393 e. The molecule has 2 rings (SSSR count). The Balaban J connectivity index is 2.40. The summed E-state index contributed by atoms with van der Waals surface area (Å²) in [6, 6.07) is 0.137. The molecule has 0 amide bonds. The number of aromatic amines is 1. The molecule has 96 valence electrons. The molecule has 0 atom stereocenters. The van der Waals surface area contributed by atoms with E-state index in [0.717, 1.165) is 0 Å². The highest BCUT2D eigenvalue weighted by Gasteiger charge is 2.10. The maximum atomic E-state index is 11.6. The summed E-state index contributed by atoms with van der Waals surface area (Å²) in [7, 11) is 0. The summed E-state index contributed by atoms with van der Waals surface area (Å²) in [5.41, 5.74) is 4.36. The Morgan fingerprint density at radius 2 is 2.17 bits per heavy atom. The molecule has 0 radical (unpaired) electrons. The molecule has 3 N–H and O–H groups in total. The Bertz CT molecular complexity index is 665. The monoisotopic (exact) mass is 250 g/mol. The fourth-order valence-corrected chi connectivity index (χ4v) is 1.61. The average Bonchev–Trinajstić information content (AvgIpc) is 2.74. The number of hydrogen-bond donors (Lipinski definition) is 2. The maximum Gasteiger partial charge on any atom is 0.328 e. The molecule has 0 bridgehead atoms. The fraction of sp³-hybridized carbons (Fsp3) is 0.400. The zero-order valence-corrected chi connectivity index (χ0v) is 10.1. The first-order chi connectivity index (χ1) is 8.49. The van der Waals surface area contributed by atoms with Crippen LogP contribution in [0.15, 0.2) is 22.1 Å². The third kappa shape index (κ3) is 2.17. The summed E-state index contributed by atoms with van der Waals surface area (Å²) < 4.78 is 2.99. The number of nitrogens with one attached hydrogen (secondary N) is 1. The summed E-state index contributed by atoms with van der Waals surface area (Å²) in [6.07, 6.45) is 2.73. The number of nitrogens with two attached hydrogens (primary N) is 1. The van der Waals surface area contributed by atoms with Crippen LogP contribution in [0.1, 0.15) is 25.7 Å². The number of nitrogen functional groups attached to an aromatic ring is 1. The van der Waals surface area contributed by atoms with Gasteiger partial charge in [0.2, 0.25) is 0 Å². The van der Waals surface area contributed by atoms with E-state index in [-0.39, 0.29) is 18.3 Å². The Labute approximate surface area is 102 Å². The van der Waals surface area contributed by atoms with Gasteiger partial charge < -0.3 is 5.73 Å².